The molecule has 20 heavy (non-hydrogen) atoms. The Balaban J connectivity index is 3.17. The van der Waals surface area contributed by atoms with Gasteiger partial charge in [0.1, 0.15) is 6.07 Å². The summed E-state index contributed by atoms with van der Waals surface area (Å²) in [6, 6.07) is 7.99. The number of aliphatic carboxylic acids is 1. The number of carbonyl (C=O) groups is 1. The molecule has 0 fully saturated rings. The van der Waals surface area contributed by atoms with Crippen LogP contribution in [-0.4, -0.2) is 23.7 Å². The predicted octanol–water partition coefficient (Wildman–Crippen LogP) is 3.28. The summed E-state index contributed by atoms with van der Waals surface area (Å²) >= 11 is 0. The number of hydrogen-bond acceptors (Lipinski definition) is 3. The number of nitrogens with zero attached hydrogens (tertiary/aromatic N) is 2. The normalized spacial score (nSPS) is 12.1. The maximum absolute atomic E-state index is 10.5. The van der Waals surface area contributed by atoms with Gasteiger partial charge in [-0.3, -0.25) is 0 Å². The number of hydrogen-bond donors (Lipinski definition) is 1. The molecule has 0 radical (unpaired) electrons. The Morgan fingerprint density at radius 3 is 2.70 bits per heavy atom. The third kappa shape index (κ3) is 3.86. The summed E-state index contributed by atoms with van der Waals surface area (Å²) in [6.07, 6.45) is 3.56. The van der Waals surface area contributed by atoms with Crippen molar-refractivity contribution in [2.24, 2.45) is 0 Å². The average Bonchev–Trinajstić information content (AvgIpc) is 2.46. The zero-order chi connectivity index (χ0) is 15.1. The summed E-state index contributed by atoms with van der Waals surface area (Å²) in [5, 5.41) is 17.9. The Morgan fingerprint density at radius 2 is 2.20 bits per heavy atom. The average molecular weight is 272 g/mol. The van der Waals surface area contributed by atoms with Crippen LogP contribution in [0.2, 0.25) is 0 Å². The molecule has 4 nitrogen and oxygen atoms in total. The zero-order valence-electron chi connectivity index (χ0n) is 12.1. The van der Waals surface area contributed by atoms with Crippen LogP contribution in [0.5, 0.6) is 0 Å². The molecular weight excluding hydrogens is 252 g/mol. The number of benzene rings is 1. The van der Waals surface area contributed by atoms with Crippen LogP contribution >= 0.6 is 0 Å². The third-order valence-electron chi connectivity index (χ3n) is 3.33. The lowest BCUT2D eigenvalue weighted by Crippen LogP contribution is -2.32. The third-order valence-corrected chi connectivity index (χ3v) is 3.33. The van der Waals surface area contributed by atoms with Crippen LogP contribution in [0, 0.1) is 11.3 Å². The highest BCUT2D eigenvalue weighted by molar-refractivity contribution is 5.85. The van der Waals surface area contributed by atoms with Gasteiger partial charge in [-0.05, 0) is 44.0 Å². The standard InChI is InChI=1S/C16H20N2O2/c1-4-12(3)18(5-2)15-8-6-13(7-9-16(19)20)10-14(15)11-17/h6-10,12H,4-5H2,1-3H3,(H,19,20)/b9-7+. The van der Waals surface area contributed by atoms with Gasteiger partial charge in [0.05, 0.1) is 11.3 Å². The number of rotatable bonds is 6. The number of anilines is 1. The molecule has 0 amide bonds. The highest BCUT2D eigenvalue weighted by Crippen LogP contribution is 2.24. The molecule has 106 valence electrons. The van der Waals surface area contributed by atoms with Crippen LogP contribution < -0.4 is 4.90 Å². The summed E-state index contributed by atoms with van der Waals surface area (Å²) < 4.78 is 0. The first-order valence-corrected chi connectivity index (χ1v) is 6.75. The zero-order valence-corrected chi connectivity index (χ0v) is 12.1. The van der Waals surface area contributed by atoms with Crippen molar-refractivity contribution in [3.8, 4) is 6.07 Å². The van der Waals surface area contributed by atoms with E-state index in [1.165, 1.54) is 6.08 Å². The lowest BCUT2D eigenvalue weighted by molar-refractivity contribution is -0.131. The molecule has 1 N–H and O–H groups in total. The molecule has 0 heterocycles. The SMILES string of the molecule is CCC(C)N(CC)c1ccc(/C=C/C(=O)O)cc1C#N. The number of nitriles is 1. The minimum Gasteiger partial charge on any atom is -0.478 e. The number of carboxylic acid groups (broad SMARTS) is 1. The first kappa shape index (κ1) is 15.8. The Hall–Kier alpha value is -2.28. The second-order valence-electron chi connectivity index (χ2n) is 4.60. The quantitative estimate of drug-likeness (QED) is 0.807. The molecule has 0 aromatic heterocycles. The second-order valence-corrected chi connectivity index (χ2v) is 4.60. The van der Waals surface area contributed by atoms with E-state index < -0.39 is 5.97 Å². The largest absolute Gasteiger partial charge is 0.478 e. The lowest BCUT2D eigenvalue weighted by Gasteiger charge is -2.30. The van der Waals surface area contributed by atoms with E-state index in [4.69, 9.17) is 5.11 Å². The molecule has 0 bridgehead atoms. The van der Waals surface area contributed by atoms with Gasteiger partial charge in [0, 0.05) is 18.7 Å². The monoisotopic (exact) mass is 272 g/mol. The van der Waals surface area contributed by atoms with Crippen molar-refractivity contribution in [3.05, 3.63) is 35.4 Å². The van der Waals surface area contributed by atoms with Gasteiger partial charge >= 0.3 is 5.97 Å². The van der Waals surface area contributed by atoms with Gasteiger partial charge in [-0.2, -0.15) is 5.26 Å². The minimum absolute atomic E-state index is 0.354. The lowest BCUT2D eigenvalue weighted by atomic mass is 10.1. The highest BCUT2D eigenvalue weighted by atomic mass is 16.4. The summed E-state index contributed by atoms with van der Waals surface area (Å²) in [6.45, 7) is 7.13. The molecule has 0 saturated carbocycles. The van der Waals surface area contributed by atoms with E-state index in [-0.39, 0.29) is 0 Å². The Labute approximate surface area is 119 Å². The van der Waals surface area contributed by atoms with E-state index in [1.54, 1.807) is 6.07 Å². The Kier molecular flexibility index (Phi) is 5.79. The maximum atomic E-state index is 10.5. The fraction of sp³-hybridized carbons (Fsp3) is 0.375. The van der Waals surface area contributed by atoms with Gasteiger partial charge in [0.25, 0.3) is 0 Å². The molecule has 1 aromatic carbocycles. The van der Waals surface area contributed by atoms with Crippen molar-refractivity contribution in [1.82, 2.24) is 0 Å². The predicted molar refractivity (Wildman–Crippen MR) is 80.6 cm³/mol. The number of carboxylic acids is 1. The Morgan fingerprint density at radius 1 is 1.50 bits per heavy atom. The van der Waals surface area contributed by atoms with Gasteiger partial charge in [-0.1, -0.05) is 13.0 Å². The van der Waals surface area contributed by atoms with Gasteiger partial charge in [-0.15, -0.1) is 0 Å². The molecule has 1 rings (SSSR count). The molecule has 0 aliphatic heterocycles. The highest BCUT2D eigenvalue weighted by Gasteiger charge is 2.14. The first-order valence-electron chi connectivity index (χ1n) is 6.75. The summed E-state index contributed by atoms with van der Waals surface area (Å²) in [5.41, 5.74) is 2.18. The Bertz CT molecular complexity index is 544. The summed E-state index contributed by atoms with van der Waals surface area (Å²) in [7, 11) is 0. The summed E-state index contributed by atoms with van der Waals surface area (Å²) in [5.74, 6) is -0.998. The second kappa shape index (κ2) is 7.34. The first-order chi connectivity index (χ1) is 9.53. The molecule has 1 aromatic rings. The topological polar surface area (TPSA) is 64.3 Å². The van der Waals surface area contributed by atoms with E-state index in [1.807, 2.05) is 12.1 Å². The fourth-order valence-corrected chi connectivity index (χ4v) is 2.10. The van der Waals surface area contributed by atoms with Crippen molar-refractivity contribution in [1.29, 1.82) is 5.26 Å². The van der Waals surface area contributed by atoms with E-state index in [9.17, 15) is 10.1 Å². The molecule has 0 aliphatic rings. The molecule has 0 aliphatic carbocycles. The van der Waals surface area contributed by atoms with E-state index in [0.29, 0.717) is 17.2 Å². The van der Waals surface area contributed by atoms with Gasteiger partial charge < -0.3 is 10.0 Å². The van der Waals surface area contributed by atoms with Gasteiger partial charge in [0.2, 0.25) is 0 Å². The molecule has 0 spiro atoms. The van der Waals surface area contributed by atoms with Crippen LogP contribution in [0.15, 0.2) is 24.3 Å². The van der Waals surface area contributed by atoms with Crippen LogP contribution in [0.1, 0.15) is 38.3 Å². The molecule has 0 saturated heterocycles. The molecular formula is C16H20N2O2. The molecule has 1 unspecified atom stereocenters. The van der Waals surface area contributed by atoms with Gasteiger partial charge in [-0.25, -0.2) is 4.79 Å². The summed E-state index contributed by atoms with van der Waals surface area (Å²) in [4.78, 5) is 12.7. The van der Waals surface area contributed by atoms with E-state index in [2.05, 4.69) is 31.7 Å². The minimum atomic E-state index is -0.998. The van der Waals surface area contributed by atoms with Gasteiger partial charge in [0.15, 0.2) is 0 Å². The fourth-order valence-electron chi connectivity index (χ4n) is 2.10. The van der Waals surface area contributed by atoms with E-state index in [0.717, 1.165) is 24.7 Å². The van der Waals surface area contributed by atoms with E-state index >= 15 is 0 Å². The van der Waals surface area contributed by atoms with Crippen LogP contribution in [0.25, 0.3) is 6.08 Å². The smallest absolute Gasteiger partial charge is 0.328 e. The van der Waals surface area contributed by atoms with Crippen molar-refractivity contribution in [2.75, 3.05) is 11.4 Å². The van der Waals surface area contributed by atoms with Crippen molar-refractivity contribution < 1.29 is 9.90 Å². The van der Waals surface area contributed by atoms with Crippen LogP contribution in [0.3, 0.4) is 0 Å². The van der Waals surface area contributed by atoms with Crippen molar-refractivity contribution in [2.45, 2.75) is 33.2 Å². The van der Waals surface area contributed by atoms with Crippen molar-refractivity contribution in [3.63, 3.8) is 0 Å². The van der Waals surface area contributed by atoms with Crippen LogP contribution in [0.4, 0.5) is 5.69 Å². The molecule has 1 atom stereocenters. The van der Waals surface area contributed by atoms with Crippen LogP contribution in [-0.2, 0) is 4.79 Å². The maximum Gasteiger partial charge on any atom is 0.328 e. The molecule has 4 heteroatoms. The van der Waals surface area contributed by atoms with Crippen molar-refractivity contribution >= 4 is 17.7 Å².